The summed E-state index contributed by atoms with van der Waals surface area (Å²) in [5.41, 5.74) is 2.24. The maximum atomic E-state index is 12.2. The zero-order valence-electron chi connectivity index (χ0n) is 16.6. The van der Waals surface area contributed by atoms with Crippen molar-refractivity contribution in [2.24, 2.45) is 0 Å². The Morgan fingerprint density at radius 1 is 0.929 bits per heavy atom. The molecule has 0 aliphatic heterocycles. The topological polar surface area (TPSA) is 90.5 Å². The lowest BCUT2D eigenvalue weighted by Gasteiger charge is -2.13. The minimum absolute atomic E-state index is 0.0298. The minimum atomic E-state index is -0.259. The van der Waals surface area contributed by atoms with Gasteiger partial charge in [0, 0.05) is 42.6 Å². The Labute approximate surface area is 165 Å². The van der Waals surface area contributed by atoms with E-state index in [0.29, 0.717) is 22.5 Å². The highest BCUT2D eigenvalue weighted by atomic mass is 16.2. The zero-order chi connectivity index (χ0) is 20.7. The number of hydrogen-bond donors (Lipinski definition) is 3. The molecule has 2 rings (SSSR count). The van der Waals surface area contributed by atoms with Gasteiger partial charge < -0.3 is 20.9 Å². The summed E-state index contributed by atoms with van der Waals surface area (Å²) >= 11 is 0. The van der Waals surface area contributed by atoms with E-state index in [4.69, 9.17) is 0 Å². The Morgan fingerprint density at radius 2 is 1.54 bits per heavy atom. The second-order valence-electron chi connectivity index (χ2n) is 6.89. The standard InChI is InChI=1S/C21H26N4O3/c1-14(2)23-20(27)15-7-5-10-18(11-15)24-19(26)13-22-17-9-6-8-16(12-17)21(28)25(3)4/h5-12,14,22H,13H2,1-4H3,(H,23,27)(H,24,26). The summed E-state index contributed by atoms with van der Waals surface area (Å²) in [4.78, 5) is 37.8. The van der Waals surface area contributed by atoms with Crippen molar-refractivity contribution >= 4 is 29.1 Å². The van der Waals surface area contributed by atoms with Gasteiger partial charge in [0.15, 0.2) is 0 Å². The summed E-state index contributed by atoms with van der Waals surface area (Å²) in [6.07, 6.45) is 0. The number of nitrogens with zero attached hydrogens (tertiary/aromatic N) is 1. The van der Waals surface area contributed by atoms with Crippen LogP contribution in [0.2, 0.25) is 0 Å². The van der Waals surface area contributed by atoms with E-state index in [0.717, 1.165) is 0 Å². The lowest BCUT2D eigenvalue weighted by Crippen LogP contribution is -2.30. The average Bonchev–Trinajstić information content (AvgIpc) is 2.65. The lowest BCUT2D eigenvalue weighted by molar-refractivity contribution is -0.114. The summed E-state index contributed by atoms with van der Waals surface area (Å²) < 4.78 is 0. The predicted octanol–water partition coefficient (Wildman–Crippen LogP) is 2.58. The summed E-state index contributed by atoms with van der Waals surface area (Å²) in [7, 11) is 3.37. The molecule has 0 saturated heterocycles. The van der Waals surface area contributed by atoms with Crippen LogP contribution in [-0.4, -0.2) is 49.3 Å². The van der Waals surface area contributed by atoms with Gasteiger partial charge in [0.05, 0.1) is 6.54 Å². The van der Waals surface area contributed by atoms with Crippen LogP contribution in [0.5, 0.6) is 0 Å². The van der Waals surface area contributed by atoms with Gasteiger partial charge >= 0.3 is 0 Å². The molecule has 0 spiro atoms. The summed E-state index contributed by atoms with van der Waals surface area (Å²) in [5, 5.41) is 8.57. The normalized spacial score (nSPS) is 10.3. The largest absolute Gasteiger partial charge is 0.376 e. The van der Waals surface area contributed by atoms with E-state index in [1.165, 1.54) is 4.90 Å². The molecule has 2 aromatic rings. The van der Waals surface area contributed by atoms with Crippen LogP contribution in [-0.2, 0) is 4.79 Å². The van der Waals surface area contributed by atoms with Crippen LogP contribution in [0.3, 0.4) is 0 Å². The number of amides is 3. The summed E-state index contributed by atoms with van der Waals surface area (Å²) in [6, 6.07) is 13.8. The van der Waals surface area contributed by atoms with Crippen molar-refractivity contribution in [1.82, 2.24) is 10.2 Å². The highest BCUT2D eigenvalue weighted by Gasteiger charge is 2.10. The molecule has 3 amide bonds. The molecule has 0 aromatic heterocycles. The molecule has 0 atom stereocenters. The first-order valence-electron chi connectivity index (χ1n) is 9.02. The highest BCUT2D eigenvalue weighted by Crippen LogP contribution is 2.13. The van der Waals surface area contributed by atoms with E-state index >= 15 is 0 Å². The molecule has 0 radical (unpaired) electrons. The van der Waals surface area contributed by atoms with Gasteiger partial charge in [0.1, 0.15) is 0 Å². The van der Waals surface area contributed by atoms with Crippen molar-refractivity contribution < 1.29 is 14.4 Å². The number of carbonyl (C=O) groups is 3. The number of hydrogen-bond acceptors (Lipinski definition) is 4. The monoisotopic (exact) mass is 382 g/mol. The molecule has 0 heterocycles. The van der Waals surface area contributed by atoms with Gasteiger partial charge in [-0.05, 0) is 50.2 Å². The fraction of sp³-hybridized carbons (Fsp3) is 0.286. The van der Waals surface area contributed by atoms with Crippen LogP contribution < -0.4 is 16.0 Å². The van der Waals surface area contributed by atoms with Crippen LogP contribution in [0.15, 0.2) is 48.5 Å². The highest BCUT2D eigenvalue weighted by molar-refractivity contribution is 5.98. The van der Waals surface area contributed by atoms with Crippen LogP contribution in [0.1, 0.15) is 34.6 Å². The quantitative estimate of drug-likeness (QED) is 0.686. The second kappa shape index (κ2) is 9.55. The number of anilines is 2. The van der Waals surface area contributed by atoms with Crippen molar-refractivity contribution in [2.45, 2.75) is 19.9 Å². The Bertz CT molecular complexity index is 862. The molecule has 0 bridgehead atoms. The van der Waals surface area contributed by atoms with Gasteiger partial charge in [-0.15, -0.1) is 0 Å². The Hall–Kier alpha value is -3.35. The van der Waals surface area contributed by atoms with Crippen LogP contribution >= 0.6 is 0 Å². The van der Waals surface area contributed by atoms with Gasteiger partial charge in [-0.25, -0.2) is 0 Å². The van der Waals surface area contributed by atoms with Crippen molar-refractivity contribution in [1.29, 1.82) is 0 Å². The van der Waals surface area contributed by atoms with Crippen molar-refractivity contribution in [3.63, 3.8) is 0 Å². The van der Waals surface area contributed by atoms with Gasteiger partial charge in [-0.1, -0.05) is 12.1 Å². The van der Waals surface area contributed by atoms with Crippen molar-refractivity contribution in [3.05, 3.63) is 59.7 Å². The van der Waals surface area contributed by atoms with E-state index in [1.54, 1.807) is 62.6 Å². The zero-order valence-corrected chi connectivity index (χ0v) is 16.6. The fourth-order valence-electron chi connectivity index (χ4n) is 2.49. The van der Waals surface area contributed by atoms with E-state index in [1.807, 2.05) is 13.8 Å². The number of rotatable bonds is 7. The molecule has 0 aliphatic rings. The number of nitrogens with one attached hydrogen (secondary N) is 3. The Morgan fingerprint density at radius 3 is 2.18 bits per heavy atom. The van der Waals surface area contributed by atoms with Gasteiger partial charge in [0.25, 0.3) is 11.8 Å². The first kappa shape index (κ1) is 21.0. The molecule has 0 saturated carbocycles. The first-order chi connectivity index (χ1) is 13.3. The Balaban J connectivity index is 1.95. The predicted molar refractivity (Wildman–Crippen MR) is 111 cm³/mol. The van der Waals surface area contributed by atoms with Gasteiger partial charge in [-0.3, -0.25) is 14.4 Å². The molecule has 0 aliphatic carbocycles. The van der Waals surface area contributed by atoms with Crippen LogP contribution in [0.4, 0.5) is 11.4 Å². The molecular weight excluding hydrogens is 356 g/mol. The summed E-state index contributed by atoms with van der Waals surface area (Å²) in [5.74, 6) is -0.554. The van der Waals surface area contributed by atoms with Crippen LogP contribution in [0.25, 0.3) is 0 Å². The third-order valence-electron chi connectivity index (χ3n) is 3.80. The molecule has 3 N–H and O–H groups in total. The SMILES string of the molecule is CC(C)NC(=O)c1cccc(NC(=O)CNc2cccc(C(=O)N(C)C)c2)c1. The maximum absolute atomic E-state index is 12.2. The van der Waals surface area contributed by atoms with Crippen molar-refractivity contribution in [3.8, 4) is 0 Å². The molecule has 0 unspecified atom stereocenters. The van der Waals surface area contributed by atoms with Gasteiger partial charge in [-0.2, -0.15) is 0 Å². The second-order valence-corrected chi connectivity index (χ2v) is 6.89. The lowest BCUT2D eigenvalue weighted by atomic mass is 10.1. The number of benzene rings is 2. The molecule has 7 heteroatoms. The van der Waals surface area contributed by atoms with Gasteiger partial charge in [0.2, 0.25) is 5.91 Å². The fourth-order valence-corrected chi connectivity index (χ4v) is 2.49. The number of carbonyl (C=O) groups excluding carboxylic acids is 3. The molecule has 2 aromatic carbocycles. The van der Waals surface area contributed by atoms with E-state index < -0.39 is 0 Å². The first-order valence-corrected chi connectivity index (χ1v) is 9.02. The van der Waals surface area contributed by atoms with E-state index in [9.17, 15) is 14.4 Å². The molecule has 7 nitrogen and oxygen atoms in total. The summed E-state index contributed by atoms with van der Waals surface area (Å²) in [6.45, 7) is 3.80. The van der Waals surface area contributed by atoms with Crippen molar-refractivity contribution in [2.75, 3.05) is 31.3 Å². The third-order valence-corrected chi connectivity index (χ3v) is 3.80. The average molecular weight is 382 g/mol. The molecule has 0 fully saturated rings. The minimum Gasteiger partial charge on any atom is -0.376 e. The van der Waals surface area contributed by atoms with Crippen LogP contribution in [0, 0.1) is 0 Å². The smallest absolute Gasteiger partial charge is 0.253 e. The molecule has 148 valence electrons. The maximum Gasteiger partial charge on any atom is 0.253 e. The molecular formula is C21H26N4O3. The van der Waals surface area contributed by atoms with E-state index in [-0.39, 0.29) is 30.3 Å². The third kappa shape index (κ3) is 6.12. The molecule has 28 heavy (non-hydrogen) atoms. The van der Waals surface area contributed by atoms with E-state index in [2.05, 4.69) is 16.0 Å². The Kier molecular flexibility index (Phi) is 7.14.